The molecule has 0 aromatic carbocycles. The molecule has 0 atom stereocenters. The van der Waals surface area contributed by atoms with E-state index in [-0.39, 0.29) is 30.7 Å². The standard InChI is InChI=1S/C19H21F3N4O2/c20-19(21,22)18-14-4-1-2-5-15(14)26(25-18)11-13-10-12(8-9-24-13)16(27)6-3-7-17(23)28/h8-10H,1-7,11H2,(H2,23,28). The number of ketones is 1. The van der Waals surface area contributed by atoms with Crippen LogP contribution in [0.1, 0.15) is 65.1 Å². The van der Waals surface area contributed by atoms with Gasteiger partial charge >= 0.3 is 6.18 Å². The summed E-state index contributed by atoms with van der Waals surface area (Å²) in [6, 6.07) is 3.12. The largest absolute Gasteiger partial charge is 0.435 e. The van der Waals surface area contributed by atoms with Gasteiger partial charge in [-0.2, -0.15) is 18.3 Å². The SMILES string of the molecule is NC(=O)CCCC(=O)c1ccnc(Cn2nc(C(F)(F)F)c3c2CCCC3)c1. The Morgan fingerprint density at radius 2 is 1.93 bits per heavy atom. The molecule has 0 aliphatic heterocycles. The number of carbonyl (C=O) groups excluding carboxylic acids is 2. The van der Waals surface area contributed by atoms with Crippen LogP contribution in [0.5, 0.6) is 0 Å². The number of hydrogen-bond donors (Lipinski definition) is 1. The summed E-state index contributed by atoms with van der Waals surface area (Å²) in [7, 11) is 0. The van der Waals surface area contributed by atoms with Crippen molar-refractivity contribution in [1.29, 1.82) is 0 Å². The minimum Gasteiger partial charge on any atom is -0.370 e. The highest BCUT2D eigenvalue weighted by Crippen LogP contribution is 2.36. The maximum atomic E-state index is 13.3. The van der Waals surface area contributed by atoms with E-state index < -0.39 is 17.8 Å². The quantitative estimate of drug-likeness (QED) is 0.731. The third-order valence-electron chi connectivity index (χ3n) is 4.80. The van der Waals surface area contributed by atoms with Gasteiger partial charge in [0.25, 0.3) is 0 Å². The molecule has 3 rings (SSSR count). The van der Waals surface area contributed by atoms with Crippen molar-refractivity contribution in [3.63, 3.8) is 0 Å². The Morgan fingerprint density at radius 1 is 1.18 bits per heavy atom. The fourth-order valence-corrected chi connectivity index (χ4v) is 3.49. The molecular formula is C19H21F3N4O2. The van der Waals surface area contributed by atoms with Gasteiger partial charge in [-0.25, -0.2) is 0 Å². The molecule has 0 spiro atoms. The Hall–Kier alpha value is -2.71. The molecular weight excluding hydrogens is 373 g/mol. The lowest BCUT2D eigenvalue weighted by Gasteiger charge is -2.14. The molecule has 0 saturated heterocycles. The molecule has 1 aliphatic carbocycles. The van der Waals surface area contributed by atoms with Crippen molar-refractivity contribution in [1.82, 2.24) is 14.8 Å². The highest BCUT2D eigenvalue weighted by atomic mass is 19.4. The van der Waals surface area contributed by atoms with Gasteiger partial charge < -0.3 is 5.73 Å². The molecule has 28 heavy (non-hydrogen) atoms. The van der Waals surface area contributed by atoms with Crippen LogP contribution in [0.3, 0.4) is 0 Å². The minimum absolute atomic E-state index is 0.0703. The van der Waals surface area contributed by atoms with Gasteiger partial charge in [-0.1, -0.05) is 0 Å². The van der Waals surface area contributed by atoms with Gasteiger partial charge in [0.1, 0.15) is 0 Å². The second kappa shape index (κ2) is 8.12. The van der Waals surface area contributed by atoms with Crippen LogP contribution < -0.4 is 5.73 Å². The van der Waals surface area contributed by atoms with Crippen LogP contribution in [0, 0.1) is 0 Å². The Balaban J connectivity index is 1.80. The summed E-state index contributed by atoms with van der Waals surface area (Å²) in [5.74, 6) is -0.629. The van der Waals surface area contributed by atoms with E-state index in [0.29, 0.717) is 36.2 Å². The molecule has 0 fully saturated rings. The fourth-order valence-electron chi connectivity index (χ4n) is 3.49. The molecule has 2 aromatic rings. The van der Waals surface area contributed by atoms with E-state index in [1.807, 2.05) is 0 Å². The first-order chi connectivity index (χ1) is 13.3. The van der Waals surface area contributed by atoms with Crippen molar-refractivity contribution in [2.24, 2.45) is 5.73 Å². The summed E-state index contributed by atoms with van der Waals surface area (Å²) in [6.07, 6.45) is 0.0748. The van der Waals surface area contributed by atoms with E-state index in [4.69, 9.17) is 5.73 Å². The number of primary amides is 1. The summed E-state index contributed by atoms with van der Waals surface area (Å²) in [5.41, 5.74) is 5.99. The number of nitrogens with zero attached hydrogens (tertiary/aromatic N) is 3. The van der Waals surface area contributed by atoms with Crippen LogP contribution in [0.2, 0.25) is 0 Å². The first-order valence-corrected chi connectivity index (χ1v) is 9.18. The van der Waals surface area contributed by atoms with E-state index in [0.717, 1.165) is 12.8 Å². The number of hydrogen-bond acceptors (Lipinski definition) is 4. The summed E-state index contributed by atoms with van der Waals surface area (Å²) in [5, 5.41) is 3.82. The summed E-state index contributed by atoms with van der Waals surface area (Å²) >= 11 is 0. The number of aromatic nitrogens is 3. The second-order valence-electron chi connectivity index (χ2n) is 6.92. The van der Waals surface area contributed by atoms with Gasteiger partial charge in [0.15, 0.2) is 11.5 Å². The first kappa shape index (κ1) is 20.0. The molecule has 2 aromatic heterocycles. The number of rotatable bonds is 7. The third-order valence-corrected chi connectivity index (χ3v) is 4.80. The molecule has 1 amide bonds. The maximum Gasteiger partial charge on any atom is 0.435 e. The van der Waals surface area contributed by atoms with Crippen LogP contribution in [0.25, 0.3) is 0 Å². The van der Waals surface area contributed by atoms with Crippen LogP contribution in [0.15, 0.2) is 18.3 Å². The topological polar surface area (TPSA) is 90.9 Å². The Bertz CT molecular complexity index is 890. The lowest BCUT2D eigenvalue weighted by molar-refractivity contribution is -0.142. The molecule has 2 heterocycles. The van der Waals surface area contributed by atoms with Crippen LogP contribution >= 0.6 is 0 Å². The van der Waals surface area contributed by atoms with Crippen molar-refractivity contribution in [3.05, 3.63) is 46.5 Å². The van der Waals surface area contributed by atoms with E-state index in [2.05, 4.69) is 10.1 Å². The summed E-state index contributed by atoms with van der Waals surface area (Å²) in [4.78, 5) is 27.2. The van der Waals surface area contributed by atoms with Crippen molar-refractivity contribution < 1.29 is 22.8 Å². The first-order valence-electron chi connectivity index (χ1n) is 9.18. The fraction of sp³-hybridized carbons (Fsp3) is 0.474. The number of Topliss-reactive ketones (excluding diaryl/α,β-unsaturated/α-hetero) is 1. The molecule has 2 N–H and O–H groups in total. The van der Waals surface area contributed by atoms with Gasteiger partial charge in [-0.3, -0.25) is 19.3 Å². The molecule has 9 heteroatoms. The molecule has 1 aliphatic rings. The molecule has 0 unspecified atom stereocenters. The Morgan fingerprint density at radius 3 is 2.64 bits per heavy atom. The number of amides is 1. The number of nitrogens with two attached hydrogens (primary N) is 1. The van der Waals surface area contributed by atoms with Crippen molar-refractivity contribution in [2.75, 3.05) is 0 Å². The number of alkyl halides is 3. The van der Waals surface area contributed by atoms with Crippen LogP contribution in [0.4, 0.5) is 13.2 Å². The summed E-state index contributed by atoms with van der Waals surface area (Å²) < 4.78 is 41.3. The van der Waals surface area contributed by atoms with Crippen molar-refractivity contribution >= 4 is 11.7 Å². The number of fused-ring (bicyclic) bond motifs is 1. The molecule has 6 nitrogen and oxygen atoms in total. The second-order valence-corrected chi connectivity index (χ2v) is 6.92. The molecule has 0 radical (unpaired) electrons. The average molecular weight is 394 g/mol. The lowest BCUT2D eigenvalue weighted by atomic mass is 9.95. The number of halogens is 3. The molecule has 0 bridgehead atoms. The predicted molar refractivity (Wildman–Crippen MR) is 94.6 cm³/mol. The van der Waals surface area contributed by atoms with Gasteiger partial charge in [0, 0.05) is 35.9 Å². The zero-order valence-electron chi connectivity index (χ0n) is 15.3. The van der Waals surface area contributed by atoms with Gasteiger partial charge in [0.2, 0.25) is 5.91 Å². The zero-order chi connectivity index (χ0) is 20.3. The van der Waals surface area contributed by atoms with E-state index in [1.165, 1.54) is 10.9 Å². The lowest BCUT2D eigenvalue weighted by Crippen LogP contribution is -2.12. The van der Waals surface area contributed by atoms with Crippen LogP contribution in [-0.2, 0) is 30.4 Å². The van der Waals surface area contributed by atoms with E-state index in [1.54, 1.807) is 12.1 Å². The van der Waals surface area contributed by atoms with Gasteiger partial charge in [0.05, 0.1) is 12.2 Å². The monoisotopic (exact) mass is 394 g/mol. The highest BCUT2D eigenvalue weighted by molar-refractivity contribution is 5.96. The van der Waals surface area contributed by atoms with Crippen molar-refractivity contribution in [3.8, 4) is 0 Å². The van der Waals surface area contributed by atoms with Gasteiger partial charge in [-0.15, -0.1) is 0 Å². The van der Waals surface area contributed by atoms with Crippen molar-refractivity contribution in [2.45, 2.75) is 57.7 Å². The zero-order valence-corrected chi connectivity index (χ0v) is 15.3. The Kier molecular flexibility index (Phi) is 5.81. The molecule has 0 saturated carbocycles. The van der Waals surface area contributed by atoms with Gasteiger partial charge in [-0.05, 0) is 44.2 Å². The minimum atomic E-state index is -4.49. The van der Waals surface area contributed by atoms with E-state index in [9.17, 15) is 22.8 Å². The Labute approximate surface area is 159 Å². The normalized spacial score (nSPS) is 14.0. The highest BCUT2D eigenvalue weighted by Gasteiger charge is 2.39. The number of pyridine rings is 1. The predicted octanol–water partition coefficient (Wildman–Crippen LogP) is 3.06. The smallest absolute Gasteiger partial charge is 0.370 e. The summed E-state index contributed by atoms with van der Waals surface area (Å²) in [6.45, 7) is 0.0703. The third kappa shape index (κ3) is 4.58. The maximum absolute atomic E-state index is 13.3. The van der Waals surface area contributed by atoms with Crippen LogP contribution in [-0.4, -0.2) is 26.5 Å². The number of carbonyl (C=O) groups is 2. The molecule has 150 valence electrons. The van der Waals surface area contributed by atoms with E-state index >= 15 is 0 Å². The average Bonchev–Trinajstić information content (AvgIpc) is 3.01.